The molecular weight excluding hydrogens is 604 g/mol. The van der Waals surface area contributed by atoms with Crippen LogP contribution >= 0.6 is 15.9 Å². The number of benzene rings is 7. The number of hydrogen-bond acceptors (Lipinski definition) is 2. The number of rotatable bonds is 4. The quantitative estimate of drug-likeness (QED) is 0.193. The molecule has 0 saturated heterocycles. The van der Waals surface area contributed by atoms with Crippen molar-refractivity contribution in [2.75, 3.05) is 4.90 Å². The van der Waals surface area contributed by atoms with Crippen LogP contribution < -0.4 is 4.90 Å². The van der Waals surface area contributed by atoms with Crippen LogP contribution in [0.25, 0.3) is 60.2 Å². The molecule has 9 rings (SSSR count). The predicted molar refractivity (Wildman–Crippen MR) is 188 cm³/mol. The van der Waals surface area contributed by atoms with Gasteiger partial charge in [-0.15, -0.1) is 0 Å². The monoisotopic (exact) mass is 628 g/mol. The van der Waals surface area contributed by atoms with Gasteiger partial charge in [0.2, 0.25) is 0 Å². The van der Waals surface area contributed by atoms with Gasteiger partial charge in [0, 0.05) is 54.8 Å². The second-order valence-corrected chi connectivity index (χ2v) is 12.1. The summed E-state index contributed by atoms with van der Waals surface area (Å²) in [4.78, 5) is 2.34. The molecule has 0 saturated carbocycles. The third-order valence-corrected chi connectivity index (χ3v) is 9.09. The Morgan fingerprint density at radius 2 is 1.14 bits per heavy atom. The van der Waals surface area contributed by atoms with Crippen molar-refractivity contribution in [2.45, 2.75) is 0 Å². The Hall–Kier alpha value is -5.32. The van der Waals surface area contributed by atoms with Crippen LogP contribution in [0.5, 0.6) is 0 Å². The van der Waals surface area contributed by atoms with Gasteiger partial charge < -0.3 is 13.9 Å². The van der Waals surface area contributed by atoms with Gasteiger partial charge in [0.1, 0.15) is 11.2 Å². The standard InChI is InChI=1S/C40H25BrN2O/c41-28-15-19-33-36-24-31(18-21-37(36)43(38(33)23-28)29-10-2-1-3-11-29)42(30-16-14-26-8-4-5-9-27(26)22-30)32-17-20-35-34-12-6-7-13-39(34)44-40(35)25-32/h1-25H. The smallest absolute Gasteiger partial charge is 0.137 e. The number of anilines is 3. The minimum absolute atomic E-state index is 0.876. The molecule has 0 spiro atoms. The van der Waals surface area contributed by atoms with Crippen LogP contribution in [-0.4, -0.2) is 4.57 Å². The second kappa shape index (κ2) is 9.87. The van der Waals surface area contributed by atoms with Gasteiger partial charge >= 0.3 is 0 Å². The molecule has 0 radical (unpaired) electrons. The van der Waals surface area contributed by atoms with Gasteiger partial charge in [-0.05, 0) is 83.6 Å². The van der Waals surface area contributed by atoms with Crippen molar-refractivity contribution in [3.8, 4) is 5.69 Å². The molecule has 3 nitrogen and oxygen atoms in total. The van der Waals surface area contributed by atoms with E-state index >= 15 is 0 Å². The van der Waals surface area contributed by atoms with Crippen molar-refractivity contribution in [1.29, 1.82) is 0 Å². The summed E-state index contributed by atoms with van der Waals surface area (Å²) in [5.41, 5.74) is 8.46. The Morgan fingerprint density at radius 3 is 2.05 bits per heavy atom. The van der Waals surface area contributed by atoms with Crippen LogP contribution in [0.15, 0.2) is 161 Å². The fourth-order valence-corrected chi connectivity index (χ4v) is 6.94. The number of nitrogens with zero attached hydrogens (tertiary/aromatic N) is 2. The Balaban J connectivity index is 1.30. The summed E-state index contributed by atoms with van der Waals surface area (Å²) >= 11 is 3.72. The molecule has 7 aromatic carbocycles. The van der Waals surface area contributed by atoms with Gasteiger partial charge in [0.15, 0.2) is 0 Å². The Labute approximate surface area is 262 Å². The van der Waals surface area contributed by atoms with E-state index in [-0.39, 0.29) is 0 Å². The highest BCUT2D eigenvalue weighted by Crippen LogP contribution is 2.42. The Kier molecular flexibility index (Phi) is 5.65. The van der Waals surface area contributed by atoms with Crippen molar-refractivity contribution in [3.63, 3.8) is 0 Å². The lowest BCUT2D eigenvalue weighted by Gasteiger charge is -2.26. The molecule has 0 N–H and O–H groups in total. The van der Waals surface area contributed by atoms with Crippen LogP contribution in [0, 0.1) is 0 Å². The molecule has 2 aromatic heterocycles. The molecule has 2 heterocycles. The van der Waals surface area contributed by atoms with Crippen LogP contribution in [-0.2, 0) is 0 Å². The first-order valence-corrected chi connectivity index (χ1v) is 15.5. The van der Waals surface area contributed by atoms with Gasteiger partial charge in [0.05, 0.1) is 11.0 Å². The highest BCUT2D eigenvalue weighted by molar-refractivity contribution is 9.10. The number of hydrogen-bond donors (Lipinski definition) is 0. The lowest BCUT2D eigenvalue weighted by Crippen LogP contribution is -2.10. The van der Waals surface area contributed by atoms with Gasteiger partial charge in [-0.2, -0.15) is 0 Å². The van der Waals surface area contributed by atoms with Crippen molar-refractivity contribution in [2.24, 2.45) is 0 Å². The molecule has 0 aliphatic carbocycles. The molecule has 0 aliphatic heterocycles. The summed E-state index contributed by atoms with van der Waals surface area (Å²) in [6, 6.07) is 53.9. The van der Waals surface area contributed by atoms with E-state index in [2.05, 4.69) is 165 Å². The Bertz CT molecular complexity index is 2530. The minimum Gasteiger partial charge on any atom is -0.456 e. The topological polar surface area (TPSA) is 21.3 Å². The fraction of sp³-hybridized carbons (Fsp3) is 0. The molecule has 9 aromatic rings. The minimum atomic E-state index is 0.876. The van der Waals surface area contributed by atoms with Crippen molar-refractivity contribution < 1.29 is 4.42 Å². The lowest BCUT2D eigenvalue weighted by molar-refractivity contribution is 0.669. The summed E-state index contributed by atoms with van der Waals surface area (Å²) in [5.74, 6) is 0. The van der Waals surface area contributed by atoms with E-state index in [1.807, 2.05) is 12.1 Å². The maximum Gasteiger partial charge on any atom is 0.137 e. The van der Waals surface area contributed by atoms with E-state index in [1.165, 1.54) is 32.6 Å². The molecule has 0 aliphatic rings. The molecule has 44 heavy (non-hydrogen) atoms. The normalized spacial score (nSPS) is 11.8. The molecular formula is C40H25BrN2O. The highest BCUT2D eigenvalue weighted by Gasteiger charge is 2.19. The summed E-state index contributed by atoms with van der Waals surface area (Å²) in [6.07, 6.45) is 0. The SMILES string of the molecule is Brc1ccc2c3cc(N(c4ccc5ccccc5c4)c4ccc5c(c4)oc4ccccc45)ccc3n(-c3ccccc3)c2c1. The summed E-state index contributed by atoms with van der Waals surface area (Å²) in [6.45, 7) is 0. The van der Waals surface area contributed by atoms with Gasteiger partial charge in [-0.3, -0.25) is 0 Å². The Morgan fingerprint density at radius 1 is 0.455 bits per heavy atom. The predicted octanol–water partition coefficient (Wildman–Crippen LogP) is 12.1. The van der Waals surface area contributed by atoms with E-state index in [0.29, 0.717) is 0 Å². The highest BCUT2D eigenvalue weighted by atomic mass is 79.9. The first kappa shape index (κ1) is 25.2. The molecule has 0 atom stereocenters. The molecule has 208 valence electrons. The number of para-hydroxylation sites is 2. The van der Waals surface area contributed by atoms with Crippen molar-refractivity contribution in [1.82, 2.24) is 4.57 Å². The van der Waals surface area contributed by atoms with Gasteiger partial charge in [-0.1, -0.05) is 88.7 Å². The third-order valence-electron chi connectivity index (χ3n) is 8.60. The average Bonchev–Trinajstić information content (AvgIpc) is 3.59. The van der Waals surface area contributed by atoms with Gasteiger partial charge in [-0.25, -0.2) is 0 Å². The number of aromatic nitrogens is 1. The van der Waals surface area contributed by atoms with E-state index in [9.17, 15) is 0 Å². The maximum atomic E-state index is 6.34. The second-order valence-electron chi connectivity index (χ2n) is 11.2. The van der Waals surface area contributed by atoms with Crippen LogP contribution in [0.1, 0.15) is 0 Å². The zero-order chi connectivity index (χ0) is 29.2. The van der Waals surface area contributed by atoms with Crippen LogP contribution in [0.4, 0.5) is 17.1 Å². The van der Waals surface area contributed by atoms with E-state index in [4.69, 9.17) is 4.42 Å². The summed E-state index contributed by atoms with van der Waals surface area (Å²) in [5, 5.41) is 7.08. The van der Waals surface area contributed by atoms with E-state index in [1.54, 1.807) is 0 Å². The van der Waals surface area contributed by atoms with Crippen molar-refractivity contribution >= 4 is 87.5 Å². The first-order chi connectivity index (χ1) is 21.7. The number of fused-ring (bicyclic) bond motifs is 7. The van der Waals surface area contributed by atoms with Crippen LogP contribution in [0.2, 0.25) is 0 Å². The number of furan rings is 1. The van der Waals surface area contributed by atoms with Crippen LogP contribution in [0.3, 0.4) is 0 Å². The number of halogens is 1. The third kappa shape index (κ3) is 3.95. The average molecular weight is 630 g/mol. The molecule has 0 amide bonds. The largest absolute Gasteiger partial charge is 0.456 e. The maximum absolute atomic E-state index is 6.34. The van der Waals surface area contributed by atoms with E-state index < -0.39 is 0 Å². The molecule has 4 heteroatoms. The lowest BCUT2D eigenvalue weighted by atomic mass is 10.1. The summed E-state index contributed by atoms with van der Waals surface area (Å²) < 4.78 is 9.75. The van der Waals surface area contributed by atoms with E-state index in [0.717, 1.165) is 49.2 Å². The molecule has 0 unspecified atom stereocenters. The first-order valence-electron chi connectivity index (χ1n) is 14.7. The van der Waals surface area contributed by atoms with Crippen molar-refractivity contribution in [3.05, 3.63) is 156 Å². The molecule has 0 fully saturated rings. The summed E-state index contributed by atoms with van der Waals surface area (Å²) in [7, 11) is 0. The van der Waals surface area contributed by atoms with Gasteiger partial charge in [0.25, 0.3) is 0 Å². The molecule has 0 bridgehead atoms. The fourth-order valence-electron chi connectivity index (χ4n) is 6.59. The zero-order valence-corrected chi connectivity index (χ0v) is 25.2. The zero-order valence-electron chi connectivity index (χ0n) is 23.6.